The first-order chi connectivity index (χ1) is 9.20. The number of aromatic nitrogens is 1. The van der Waals surface area contributed by atoms with Crippen molar-refractivity contribution in [2.75, 3.05) is 7.11 Å². The molecule has 0 bridgehead atoms. The fraction of sp³-hybridized carbons (Fsp3) is 0.200. The lowest BCUT2D eigenvalue weighted by Crippen LogP contribution is -2.01. The first-order valence-corrected chi connectivity index (χ1v) is 6.01. The predicted octanol–water partition coefficient (Wildman–Crippen LogP) is 2.57. The quantitative estimate of drug-likeness (QED) is 0.894. The van der Waals surface area contributed by atoms with Crippen LogP contribution in [0.4, 0.5) is 0 Å². The van der Waals surface area contributed by atoms with Gasteiger partial charge in [-0.25, -0.2) is 4.79 Å². The topological polar surface area (TPSA) is 59.4 Å². The van der Waals surface area contributed by atoms with Crippen molar-refractivity contribution in [1.82, 2.24) is 4.98 Å². The minimum Gasteiger partial charge on any atom is -0.496 e. The van der Waals surface area contributed by atoms with Crippen molar-refractivity contribution in [3.63, 3.8) is 0 Å². The summed E-state index contributed by atoms with van der Waals surface area (Å²) in [6.45, 7) is 0. The zero-order valence-electron chi connectivity index (χ0n) is 10.7. The molecule has 98 valence electrons. The molecule has 4 nitrogen and oxygen atoms in total. The maximum absolute atomic E-state index is 11.0. The van der Waals surface area contributed by atoms with E-state index in [-0.39, 0.29) is 5.56 Å². The Kier molecular flexibility index (Phi) is 4.13. The van der Waals surface area contributed by atoms with Crippen LogP contribution in [0.2, 0.25) is 0 Å². The number of carbonyl (C=O) groups is 1. The summed E-state index contributed by atoms with van der Waals surface area (Å²) in [5.41, 5.74) is 2.13. The Balaban J connectivity index is 2.18. The van der Waals surface area contributed by atoms with Crippen LogP contribution in [-0.2, 0) is 12.8 Å². The normalized spacial score (nSPS) is 10.2. The molecule has 19 heavy (non-hydrogen) atoms. The second-order valence-corrected chi connectivity index (χ2v) is 4.15. The van der Waals surface area contributed by atoms with Crippen LogP contribution in [0, 0.1) is 0 Å². The number of aryl methyl sites for hydroxylation is 2. The number of hydrogen-bond acceptors (Lipinski definition) is 3. The highest BCUT2D eigenvalue weighted by molar-refractivity contribution is 5.88. The van der Waals surface area contributed by atoms with Gasteiger partial charge in [0.05, 0.1) is 12.7 Å². The fourth-order valence-corrected chi connectivity index (χ4v) is 1.92. The van der Waals surface area contributed by atoms with Crippen LogP contribution in [-0.4, -0.2) is 23.2 Å². The Labute approximate surface area is 111 Å². The Morgan fingerprint density at radius 2 is 2.11 bits per heavy atom. The van der Waals surface area contributed by atoms with E-state index >= 15 is 0 Å². The molecule has 0 aliphatic rings. The van der Waals surface area contributed by atoms with Gasteiger partial charge in [0.2, 0.25) is 0 Å². The average molecular weight is 257 g/mol. The second kappa shape index (κ2) is 6.00. The van der Waals surface area contributed by atoms with E-state index in [0.29, 0.717) is 12.2 Å². The van der Waals surface area contributed by atoms with Gasteiger partial charge in [0.1, 0.15) is 5.75 Å². The Morgan fingerprint density at radius 1 is 1.26 bits per heavy atom. The highest BCUT2D eigenvalue weighted by atomic mass is 16.5. The molecule has 0 aliphatic heterocycles. The molecule has 0 amide bonds. The molecule has 0 saturated heterocycles. The Morgan fingerprint density at radius 3 is 2.74 bits per heavy atom. The summed E-state index contributed by atoms with van der Waals surface area (Å²) in [6, 6.07) is 10.7. The number of nitrogens with zero attached hydrogens (tertiary/aromatic N) is 1. The van der Waals surface area contributed by atoms with Gasteiger partial charge in [0.15, 0.2) is 0 Å². The van der Waals surface area contributed by atoms with Crippen molar-refractivity contribution < 1.29 is 14.6 Å². The minimum absolute atomic E-state index is 0.275. The standard InChI is InChI=1S/C15H15NO3/c1-19-14-8-6-12(15(17)18)10-11(14)5-7-13-4-2-3-9-16-13/h2-4,6,8-10H,5,7H2,1H3,(H,17,18). The maximum atomic E-state index is 11.0. The second-order valence-electron chi connectivity index (χ2n) is 4.15. The number of rotatable bonds is 5. The predicted molar refractivity (Wildman–Crippen MR) is 71.6 cm³/mol. The smallest absolute Gasteiger partial charge is 0.335 e. The molecule has 0 unspecified atom stereocenters. The average Bonchev–Trinajstić information content (AvgIpc) is 2.45. The van der Waals surface area contributed by atoms with Crippen molar-refractivity contribution in [1.29, 1.82) is 0 Å². The summed E-state index contributed by atoms with van der Waals surface area (Å²) in [7, 11) is 1.58. The molecule has 0 spiro atoms. The van der Waals surface area contributed by atoms with Gasteiger partial charge >= 0.3 is 5.97 Å². The van der Waals surface area contributed by atoms with E-state index in [4.69, 9.17) is 9.84 Å². The molecule has 1 N–H and O–H groups in total. The third-order valence-corrected chi connectivity index (χ3v) is 2.90. The maximum Gasteiger partial charge on any atom is 0.335 e. The summed E-state index contributed by atoms with van der Waals surface area (Å²) in [6.07, 6.45) is 3.20. The highest BCUT2D eigenvalue weighted by Gasteiger charge is 2.09. The van der Waals surface area contributed by atoms with E-state index in [1.807, 2.05) is 18.2 Å². The summed E-state index contributed by atoms with van der Waals surface area (Å²) >= 11 is 0. The van der Waals surface area contributed by atoms with E-state index in [0.717, 1.165) is 17.7 Å². The van der Waals surface area contributed by atoms with Gasteiger partial charge in [-0.1, -0.05) is 6.07 Å². The summed E-state index contributed by atoms with van der Waals surface area (Å²) in [5.74, 6) is -0.220. The molecule has 0 saturated carbocycles. The molecular formula is C15H15NO3. The van der Waals surface area contributed by atoms with E-state index in [1.165, 1.54) is 0 Å². The Bertz CT molecular complexity index is 567. The molecule has 1 heterocycles. The molecule has 0 aliphatic carbocycles. The van der Waals surface area contributed by atoms with E-state index in [9.17, 15) is 4.79 Å². The van der Waals surface area contributed by atoms with Crippen molar-refractivity contribution in [3.05, 3.63) is 59.4 Å². The number of benzene rings is 1. The zero-order chi connectivity index (χ0) is 13.7. The van der Waals surface area contributed by atoms with Gasteiger partial charge in [0.25, 0.3) is 0 Å². The van der Waals surface area contributed by atoms with Gasteiger partial charge in [-0.05, 0) is 48.7 Å². The third kappa shape index (κ3) is 3.31. The van der Waals surface area contributed by atoms with Gasteiger partial charge in [-0.2, -0.15) is 0 Å². The van der Waals surface area contributed by atoms with E-state index in [1.54, 1.807) is 31.5 Å². The third-order valence-electron chi connectivity index (χ3n) is 2.90. The minimum atomic E-state index is -0.929. The van der Waals surface area contributed by atoms with E-state index in [2.05, 4.69) is 4.98 Å². The summed E-state index contributed by atoms with van der Waals surface area (Å²) < 4.78 is 5.26. The fourth-order valence-electron chi connectivity index (χ4n) is 1.92. The monoisotopic (exact) mass is 257 g/mol. The molecular weight excluding hydrogens is 242 g/mol. The molecule has 2 aromatic rings. The van der Waals surface area contributed by atoms with Crippen LogP contribution in [0.5, 0.6) is 5.75 Å². The number of aromatic carboxylic acids is 1. The van der Waals surface area contributed by atoms with Gasteiger partial charge in [0, 0.05) is 11.9 Å². The lowest BCUT2D eigenvalue weighted by Gasteiger charge is -2.09. The molecule has 0 radical (unpaired) electrons. The van der Waals surface area contributed by atoms with Gasteiger partial charge in [-0.15, -0.1) is 0 Å². The van der Waals surface area contributed by atoms with Crippen LogP contribution in [0.15, 0.2) is 42.6 Å². The van der Waals surface area contributed by atoms with Crippen molar-refractivity contribution in [3.8, 4) is 5.75 Å². The van der Waals surface area contributed by atoms with Crippen LogP contribution < -0.4 is 4.74 Å². The lowest BCUT2D eigenvalue weighted by molar-refractivity contribution is 0.0696. The van der Waals surface area contributed by atoms with E-state index < -0.39 is 5.97 Å². The van der Waals surface area contributed by atoms with Crippen LogP contribution in [0.1, 0.15) is 21.6 Å². The number of hydrogen-bond donors (Lipinski definition) is 1. The largest absolute Gasteiger partial charge is 0.496 e. The highest BCUT2D eigenvalue weighted by Crippen LogP contribution is 2.21. The number of methoxy groups -OCH3 is 1. The van der Waals surface area contributed by atoms with Gasteiger partial charge < -0.3 is 9.84 Å². The van der Waals surface area contributed by atoms with Crippen LogP contribution in [0.25, 0.3) is 0 Å². The first kappa shape index (κ1) is 13.1. The lowest BCUT2D eigenvalue weighted by atomic mass is 10.0. The van der Waals surface area contributed by atoms with Crippen molar-refractivity contribution in [2.45, 2.75) is 12.8 Å². The van der Waals surface area contributed by atoms with Gasteiger partial charge in [-0.3, -0.25) is 4.98 Å². The molecule has 0 atom stereocenters. The zero-order valence-corrected chi connectivity index (χ0v) is 10.7. The SMILES string of the molecule is COc1ccc(C(=O)O)cc1CCc1ccccn1. The Hall–Kier alpha value is -2.36. The van der Waals surface area contributed by atoms with Crippen LogP contribution >= 0.6 is 0 Å². The summed E-state index contributed by atoms with van der Waals surface area (Å²) in [4.78, 5) is 15.2. The summed E-state index contributed by atoms with van der Waals surface area (Å²) in [5, 5.41) is 9.00. The molecule has 1 aromatic heterocycles. The van der Waals surface area contributed by atoms with Crippen molar-refractivity contribution >= 4 is 5.97 Å². The number of ether oxygens (including phenoxy) is 1. The molecule has 2 rings (SSSR count). The molecule has 4 heteroatoms. The van der Waals surface area contributed by atoms with Crippen LogP contribution in [0.3, 0.4) is 0 Å². The number of carboxylic acid groups (broad SMARTS) is 1. The van der Waals surface area contributed by atoms with Crippen molar-refractivity contribution in [2.24, 2.45) is 0 Å². The molecule has 1 aromatic carbocycles. The first-order valence-electron chi connectivity index (χ1n) is 6.01. The number of pyridine rings is 1. The molecule has 0 fully saturated rings. The number of carboxylic acids is 1.